The van der Waals surface area contributed by atoms with Crippen LogP contribution in [0.1, 0.15) is 45.0 Å². The number of nitrogens with zero attached hydrogens (tertiary/aromatic N) is 2. The van der Waals surface area contributed by atoms with Crippen LogP contribution in [0.2, 0.25) is 5.02 Å². The van der Waals surface area contributed by atoms with E-state index in [1.165, 1.54) is 0 Å². The normalized spacial score (nSPS) is 14.4. The van der Waals surface area contributed by atoms with Crippen molar-refractivity contribution in [3.63, 3.8) is 0 Å². The smallest absolute Gasteiger partial charge is 0.323 e. The van der Waals surface area contributed by atoms with Crippen LogP contribution in [0, 0.1) is 6.92 Å². The fourth-order valence-electron chi connectivity index (χ4n) is 2.09. The number of hydrogen-bond donors (Lipinski definition) is 2. The molecule has 0 aliphatic heterocycles. The van der Waals surface area contributed by atoms with Gasteiger partial charge in [0.2, 0.25) is 0 Å². The average Bonchev–Trinajstić information content (AvgIpc) is 2.63. The number of aromatic nitrogens is 2. The molecule has 0 spiro atoms. The molecule has 0 bridgehead atoms. The minimum atomic E-state index is -0.936. The Hall–Kier alpha value is -1.07. The molecule has 0 saturated heterocycles. The number of hydrogen-bond acceptors (Lipinski definition) is 3. The van der Waals surface area contributed by atoms with Crippen LogP contribution in [0.15, 0.2) is 0 Å². The van der Waals surface area contributed by atoms with Gasteiger partial charge in [0, 0.05) is 13.1 Å². The van der Waals surface area contributed by atoms with Crippen molar-refractivity contribution >= 4 is 17.6 Å². The average molecular weight is 288 g/mol. The summed E-state index contributed by atoms with van der Waals surface area (Å²) in [5, 5.41) is 17.3. The highest BCUT2D eigenvalue weighted by molar-refractivity contribution is 6.31. The van der Waals surface area contributed by atoms with Gasteiger partial charge in [-0.1, -0.05) is 24.9 Å². The van der Waals surface area contributed by atoms with Gasteiger partial charge in [-0.3, -0.25) is 14.8 Å². The molecule has 0 amide bonds. The fraction of sp³-hybridized carbons (Fsp3) is 0.692. The van der Waals surface area contributed by atoms with Crippen LogP contribution in [0.4, 0.5) is 0 Å². The molecule has 0 aliphatic carbocycles. The highest BCUT2D eigenvalue weighted by Gasteiger charge is 2.32. The number of aryl methyl sites for hydroxylation is 2. The van der Waals surface area contributed by atoms with Crippen LogP contribution in [0.3, 0.4) is 0 Å². The van der Waals surface area contributed by atoms with Gasteiger partial charge < -0.3 is 5.11 Å². The summed E-state index contributed by atoms with van der Waals surface area (Å²) in [4.78, 5) is 11.4. The van der Waals surface area contributed by atoms with Crippen molar-refractivity contribution in [2.75, 3.05) is 0 Å². The lowest BCUT2D eigenvalue weighted by atomic mass is 9.96. The van der Waals surface area contributed by atoms with E-state index in [4.69, 9.17) is 11.6 Å². The van der Waals surface area contributed by atoms with Gasteiger partial charge in [0.05, 0.1) is 16.4 Å². The molecule has 1 unspecified atom stereocenters. The summed E-state index contributed by atoms with van der Waals surface area (Å²) in [7, 11) is 0. The molecule has 1 heterocycles. The summed E-state index contributed by atoms with van der Waals surface area (Å²) >= 11 is 6.21. The van der Waals surface area contributed by atoms with Gasteiger partial charge in [0.25, 0.3) is 0 Å². The molecule has 1 aromatic heterocycles. The third kappa shape index (κ3) is 3.48. The molecular formula is C13H22ClN3O2. The molecule has 1 rings (SSSR count). The topological polar surface area (TPSA) is 67.2 Å². The van der Waals surface area contributed by atoms with Crippen molar-refractivity contribution in [3.8, 4) is 0 Å². The van der Waals surface area contributed by atoms with Gasteiger partial charge in [0.1, 0.15) is 5.54 Å². The molecule has 0 radical (unpaired) electrons. The van der Waals surface area contributed by atoms with Gasteiger partial charge >= 0.3 is 5.97 Å². The van der Waals surface area contributed by atoms with Gasteiger partial charge in [-0.25, -0.2) is 0 Å². The molecule has 19 heavy (non-hydrogen) atoms. The number of carbonyl (C=O) groups is 1. The lowest BCUT2D eigenvalue weighted by Crippen LogP contribution is -2.49. The van der Waals surface area contributed by atoms with E-state index in [-0.39, 0.29) is 0 Å². The summed E-state index contributed by atoms with van der Waals surface area (Å²) in [5.74, 6) is -0.843. The summed E-state index contributed by atoms with van der Waals surface area (Å²) in [6, 6.07) is 0. The van der Waals surface area contributed by atoms with Crippen molar-refractivity contribution in [1.29, 1.82) is 0 Å². The Kier molecular flexibility index (Phi) is 5.38. The Bertz CT molecular complexity index is 459. The maximum absolute atomic E-state index is 11.4. The zero-order chi connectivity index (χ0) is 14.6. The van der Waals surface area contributed by atoms with Crippen molar-refractivity contribution in [2.24, 2.45) is 0 Å². The highest BCUT2D eigenvalue weighted by atomic mass is 35.5. The molecule has 0 saturated carbocycles. The fourth-order valence-corrected chi connectivity index (χ4v) is 2.29. The largest absolute Gasteiger partial charge is 0.480 e. The highest BCUT2D eigenvalue weighted by Crippen LogP contribution is 2.22. The van der Waals surface area contributed by atoms with Gasteiger partial charge in [-0.15, -0.1) is 0 Å². The molecule has 6 heteroatoms. The predicted molar refractivity (Wildman–Crippen MR) is 75.4 cm³/mol. The van der Waals surface area contributed by atoms with Crippen molar-refractivity contribution in [1.82, 2.24) is 15.1 Å². The molecule has 0 aromatic carbocycles. The number of carboxylic acid groups (broad SMARTS) is 1. The maximum Gasteiger partial charge on any atom is 0.323 e. The van der Waals surface area contributed by atoms with Crippen LogP contribution in [0.25, 0.3) is 0 Å². The standard InChI is InChI=1S/C13H22ClN3O2/c1-5-7-13(4,12(18)19)15-8-10-11(14)9(3)16-17(10)6-2/h15H,5-8H2,1-4H3,(H,18,19). The molecule has 2 N–H and O–H groups in total. The minimum Gasteiger partial charge on any atom is -0.480 e. The van der Waals surface area contributed by atoms with Gasteiger partial charge in [-0.05, 0) is 27.2 Å². The van der Waals surface area contributed by atoms with Crippen LogP contribution in [-0.4, -0.2) is 26.4 Å². The van der Waals surface area contributed by atoms with E-state index in [2.05, 4.69) is 10.4 Å². The SMILES string of the molecule is CCCC(C)(NCc1c(Cl)c(C)nn1CC)C(=O)O. The Balaban J connectivity index is 2.88. The first kappa shape index (κ1) is 16.0. The van der Waals surface area contributed by atoms with Crippen molar-refractivity contribution in [3.05, 3.63) is 16.4 Å². The van der Waals surface area contributed by atoms with E-state index in [9.17, 15) is 9.90 Å². The van der Waals surface area contributed by atoms with Crippen LogP contribution in [-0.2, 0) is 17.9 Å². The third-order valence-corrected chi connectivity index (χ3v) is 3.81. The number of halogens is 1. The number of aliphatic carboxylic acids is 1. The van der Waals surface area contributed by atoms with E-state index in [1.54, 1.807) is 11.6 Å². The second-order valence-electron chi connectivity index (χ2n) is 4.90. The summed E-state index contributed by atoms with van der Waals surface area (Å²) in [6.45, 7) is 8.61. The molecule has 1 atom stereocenters. The minimum absolute atomic E-state index is 0.399. The van der Waals surface area contributed by atoms with E-state index >= 15 is 0 Å². The lowest BCUT2D eigenvalue weighted by Gasteiger charge is -2.26. The predicted octanol–water partition coefficient (Wildman–Crippen LogP) is 2.60. The first-order valence-corrected chi connectivity index (χ1v) is 6.93. The van der Waals surface area contributed by atoms with Crippen LogP contribution >= 0.6 is 11.6 Å². The van der Waals surface area contributed by atoms with Crippen molar-refractivity contribution in [2.45, 2.75) is 59.2 Å². The Morgan fingerprint density at radius 1 is 1.53 bits per heavy atom. The molecule has 5 nitrogen and oxygen atoms in total. The number of carboxylic acids is 1. The zero-order valence-electron chi connectivity index (χ0n) is 12.0. The van der Waals surface area contributed by atoms with E-state index in [1.807, 2.05) is 20.8 Å². The maximum atomic E-state index is 11.4. The Morgan fingerprint density at radius 3 is 2.63 bits per heavy atom. The Labute approximate surface area is 118 Å². The van der Waals surface area contributed by atoms with Crippen molar-refractivity contribution < 1.29 is 9.90 Å². The molecule has 0 fully saturated rings. The lowest BCUT2D eigenvalue weighted by molar-refractivity contribution is -0.144. The first-order chi connectivity index (χ1) is 8.85. The van der Waals surface area contributed by atoms with Crippen LogP contribution < -0.4 is 5.32 Å². The van der Waals surface area contributed by atoms with Crippen LogP contribution in [0.5, 0.6) is 0 Å². The van der Waals surface area contributed by atoms with Gasteiger partial charge in [0.15, 0.2) is 0 Å². The second-order valence-corrected chi connectivity index (χ2v) is 5.28. The van der Waals surface area contributed by atoms with E-state index in [0.29, 0.717) is 24.5 Å². The molecule has 0 aliphatic rings. The summed E-state index contributed by atoms with van der Waals surface area (Å²) < 4.78 is 1.80. The summed E-state index contributed by atoms with van der Waals surface area (Å²) in [5.41, 5.74) is 0.674. The third-order valence-electron chi connectivity index (χ3n) is 3.32. The first-order valence-electron chi connectivity index (χ1n) is 6.56. The monoisotopic (exact) mass is 287 g/mol. The van der Waals surface area contributed by atoms with Gasteiger partial charge in [-0.2, -0.15) is 5.10 Å². The number of nitrogens with one attached hydrogen (secondary N) is 1. The van der Waals surface area contributed by atoms with E-state index < -0.39 is 11.5 Å². The summed E-state index contributed by atoms with van der Waals surface area (Å²) in [6.07, 6.45) is 1.37. The quantitative estimate of drug-likeness (QED) is 0.809. The second kappa shape index (κ2) is 6.39. The molecule has 108 valence electrons. The zero-order valence-corrected chi connectivity index (χ0v) is 12.7. The van der Waals surface area contributed by atoms with E-state index in [0.717, 1.165) is 17.8 Å². The number of rotatable bonds is 7. The molecular weight excluding hydrogens is 266 g/mol. The molecule has 1 aromatic rings. The Morgan fingerprint density at radius 2 is 2.16 bits per heavy atom.